The Balaban J connectivity index is 3.28. The summed E-state index contributed by atoms with van der Waals surface area (Å²) < 4.78 is 2.59. The van der Waals surface area contributed by atoms with E-state index in [2.05, 4.69) is 83.4 Å². The molecule has 0 saturated heterocycles. The van der Waals surface area contributed by atoms with Gasteiger partial charge in [-0.25, -0.2) is 0 Å². The van der Waals surface area contributed by atoms with Crippen molar-refractivity contribution >= 4 is 50.9 Å². The van der Waals surface area contributed by atoms with E-state index in [1.54, 1.807) is 0 Å². The summed E-state index contributed by atoms with van der Waals surface area (Å²) in [5.74, 6) is 0. The summed E-state index contributed by atoms with van der Waals surface area (Å²) >= 11 is 4.77. The van der Waals surface area contributed by atoms with Crippen LogP contribution in [0.4, 0.5) is 5.69 Å². The lowest BCUT2D eigenvalue weighted by Gasteiger charge is -2.21. The molecule has 1 aromatic carbocycles. The molecule has 0 aliphatic heterocycles. The van der Waals surface area contributed by atoms with Gasteiger partial charge in [-0.1, -0.05) is 20.8 Å². The summed E-state index contributed by atoms with van der Waals surface area (Å²) in [5, 5.41) is 3.23. The van der Waals surface area contributed by atoms with Crippen LogP contribution in [0.1, 0.15) is 26.3 Å². The van der Waals surface area contributed by atoms with Crippen molar-refractivity contribution in [2.24, 2.45) is 0 Å². The number of hydrogen-bond acceptors (Lipinski definition) is 1. The molecule has 0 atom stereocenters. The molecule has 1 aromatic rings. The summed E-state index contributed by atoms with van der Waals surface area (Å²) in [6.07, 6.45) is 0. The Morgan fingerprint density at radius 2 is 1.50 bits per heavy atom. The molecule has 0 radical (unpaired) electrons. The molecule has 0 fully saturated rings. The Bertz CT molecular complexity index is 317. The molecule has 0 aliphatic rings. The summed E-state index contributed by atoms with van der Waals surface area (Å²) in [6.45, 7) is 6.73. The van der Waals surface area contributed by atoms with E-state index in [0.29, 0.717) is 0 Å². The van der Waals surface area contributed by atoms with Crippen molar-refractivity contribution in [3.05, 3.63) is 24.8 Å². The second kappa shape index (κ2) is 4.55. The van der Waals surface area contributed by atoms with Gasteiger partial charge in [0.25, 0.3) is 0 Å². The van der Waals surface area contributed by atoms with E-state index in [1.807, 2.05) is 7.05 Å². The first-order chi connectivity index (χ1) is 6.36. The Morgan fingerprint density at radius 1 is 1.07 bits per heavy atom. The van der Waals surface area contributed by atoms with Crippen LogP contribution in [0.25, 0.3) is 0 Å². The largest absolute Gasteiger partial charge is 0.386 e. The fraction of sp³-hybridized carbons (Fsp3) is 0.455. The molecule has 1 rings (SSSR count). The highest BCUT2D eigenvalue weighted by atomic mass is 127. The molecule has 0 aliphatic carbocycles. The van der Waals surface area contributed by atoms with E-state index in [4.69, 9.17) is 0 Å². The fourth-order valence-electron chi connectivity index (χ4n) is 1.24. The third kappa shape index (κ3) is 2.74. The van der Waals surface area contributed by atoms with Crippen molar-refractivity contribution in [3.63, 3.8) is 0 Å². The minimum absolute atomic E-state index is 0.228. The number of hydrogen-bond donors (Lipinski definition) is 1. The number of nitrogens with one attached hydrogen (secondary N) is 1. The lowest BCUT2D eigenvalue weighted by atomic mass is 9.87. The highest BCUT2D eigenvalue weighted by molar-refractivity contribution is 14.1. The van der Waals surface area contributed by atoms with Crippen molar-refractivity contribution < 1.29 is 0 Å². The predicted octanol–water partition coefficient (Wildman–Crippen LogP) is 4.24. The highest BCUT2D eigenvalue weighted by Gasteiger charge is 2.16. The molecule has 0 saturated carbocycles. The summed E-state index contributed by atoms with van der Waals surface area (Å²) in [7, 11) is 1.97. The van der Waals surface area contributed by atoms with E-state index in [1.165, 1.54) is 18.4 Å². The molecular formula is C11H15I2N. The Labute approximate surface area is 113 Å². The van der Waals surface area contributed by atoms with E-state index >= 15 is 0 Å². The van der Waals surface area contributed by atoms with E-state index < -0.39 is 0 Å². The molecule has 1 nitrogen and oxygen atoms in total. The first kappa shape index (κ1) is 12.5. The number of halogens is 2. The molecule has 1 N–H and O–H groups in total. The Morgan fingerprint density at radius 3 is 1.79 bits per heavy atom. The van der Waals surface area contributed by atoms with E-state index in [-0.39, 0.29) is 5.41 Å². The summed E-state index contributed by atoms with van der Waals surface area (Å²) in [6, 6.07) is 4.52. The SMILES string of the molecule is CNc1c(I)cc(C(C)(C)C)cc1I. The van der Waals surface area contributed by atoms with Crippen LogP contribution in [-0.2, 0) is 5.41 Å². The number of rotatable bonds is 1. The molecule has 0 unspecified atom stereocenters. The zero-order valence-corrected chi connectivity index (χ0v) is 13.2. The second-order valence-corrected chi connectivity index (χ2v) is 6.64. The van der Waals surface area contributed by atoms with Gasteiger partial charge < -0.3 is 5.32 Å². The number of benzene rings is 1. The molecule has 0 heterocycles. The zero-order valence-electron chi connectivity index (χ0n) is 8.91. The molecule has 3 heteroatoms. The normalized spacial score (nSPS) is 11.6. The van der Waals surface area contributed by atoms with Crippen LogP contribution < -0.4 is 5.32 Å². The van der Waals surface area contributed by atoms with Crippen LogP contribution in [0.5, 0.6) is 0 Å². The quantitative estimate of drug-likeness (QED) is 0.678. The molecule has 0 bridgehead atoms. The topological polar surface area (TPSA) is 12.0 Å². The van der Waals surface area contributed by atoms with Crippen LogP contribution in [0.3, 0.4) is 0 Å². The van der Waals surface area contributed by atoms with Crippen molar-refractivity contribution in [3.8, 4) is 0 Å². The van der Waals surface area contributed by atoms with Crippen LogP contribution in [0, 0.1) is 7.14 Å². The van der Waals surface area contributed by atoms with E-state index in [9.17, 15) is 0 Å². The Kier molecular flexibility index (Phi) is 4.08. The fourth-order valence-corrected chi connectivity index (χ4v) is 3.55. The van der Waals surface area contributed by atoms with Crippen LogP contribution >= 0.6 is 45.2 Å². The van der Waals surface area contributed by atoms with Crippen LogP contribution in [0.15, 0.2) is 12.1 Å². The average molecular weight is 415 g/mol. The average Bonchev–Trinajstić information content (AvgIpc) is 2.01. The van der Waals surface area contributed by atoms with E-state index in [0.717, 1.165) is 0 Å². The van der Waals surface area contributed by atoms with Crippen molar-refractivity contribution in [2.45, 2.75) is 26.2 Å². The maximum atomic E-state index is 3.23. The van der Waals surface area contributed by atoms with Crippen LogP contribution in [-0.4, -0.2) is 7.05 Å². The van der Waals surface area contributed by atoms with Gasteiger partial charge in [0.1, 0.15) is 0 Å². The zero-order chi connectivity index (χ0) is 10.9. The van der Waals surface area contributed by atoms with Gasteiger partial charge in [0.15, 0.2) is 0 Å². The van der Waals surface area contributed by atoms with Crippen LogP contribution in [0.2, 0.25) is 0 Å². The summed E-state index contributed by atoms with van der Waals surface area (Å²) in [4.78, 5) is 0. The van der Waals surface area contributed by atoms with Gasteiger partial charge in [0, 0.05) is 14.2 Å². The second-order valence-electron chi connectivity index (χ2n) is 4.31. The maximum absolute atomic E-state index is 3.23. The van der Waals surface area contributed by atoms with Gasteiger partial charge in [-0.3, -0.25) is 0 Å². The first-order valence-electron chi connectivity index (χ1n) is 4.53. The van der Waals surface area contributed by atoms with Gasteiger partial charge in [-0.15, -0.1) is 0 Å². The number of anilines is 1. The lowest BCUT2D eigenvalue weighted by Crippen LogP contribution is -2.12. The predicted molar refractivity (Wildman–Crippen MR) is 80.1 cm³/mol. The van der Waals surface area contributed by atoms with Crippen molar-refractivity contribution in [1.29, 1.82) is 0 Å². The van der Waals surface area contributed by atoms with Gasteiger partial charge in [-0.05, 0) is 68.3 Å². The first-order valence-corrected chi connectivity index (χ1v) is 6.69. The smallest absolute Gasteiger partial charge is 0.0609 e. The molecule has 0 spiro atoms. The summed E-state index contributed by atoms with van der Waals surface area (Å²) in [5.41, 5.74) is 2.86. The van der Waals surface area contributed by atoms with Gasteiger partial charge in [0.05, 0.1) is 5.69 Å². The minimum Gasteiger partial charge on any atom is -0.386 e. The molecular weight excluding hydrogens is 400 g/mol. The third-order valence-electron chi connectivity index (χ3n) is 2.16. The lowest BCUT2D eigenvalue weighted by molar-refractivity contribution is 0.589. The van der Waals surface area contributed by atoms with Crippen molar-refractivity contribution in [2.75, 3.05) is 12.4 Å². The standard InChI is InChI=1S/C11H15I2N/c1-11(2,3)7-5-8(12)10(14-4)9(13)6-7/h5-6,14H,1-4H3. The molecule has 0 aromatic heterocycles. The minimum atomic E-state index is 0.228. The molecule has 78 valence electrons. The van der Waals surface area contributed by atoms with Crippen molar-refractivity contribution in [1.82, 2.24) is 0 Å². The Hall–Kier alpha value is 0.480. The van der Waals surface area contributed by atoms with Gasteiger partial charge in [-0.2, -0.15) is 0 Å². The monoisotopic (exact) mass is 415 g/mol. The maximum Gasteiger partial charge on any atom is 0.0609 e. The third-order valence-corrected chi connectivity index (χ3v) is 3.86. The van der Waals surface area contributed by atoms with Gasteiger partial charge in [0.2, 0.25) is 0 Å². The molecule has 0 amide bonds. The molecule has 14 heavy (non-hydrogen) atoms. The van der Waals surface area contributed by atoms with Gasteiger partial charge >= 0.3 is 0 Å². The highest BCUT2D eigenvalue weighted by Crippen LogP contribution is 2.31.